The fourth-order valence-corrected chi connectivity index (χ4v) is 2.43. The number of benzene rings is 1. The van der Waals surface area contributed by atoms with Crippen LogP contribution in [-0.4, -0.2) is 13.2 Å². The molecule has 4 heteroatoms. The van der Waals surface area contributed by atoms with Gasteiger partial charge in [0.1, 0.15) is 5.76 Å². The summed E-state index contributed by atoms with van der Waals surface area (Å²) in [6.45, 7) is 4.15. The highest BCUT2D eigenvalue weighted by molar-refractivity contribution is 6.34. The number of hydrogen-bond donors (Lipinski definition) is 1. The normalized spacial score (nSPS) is 15.2. The molecule has 0 radical (unpaired) electrons. The summed E-state index contributed by atoms with van der Waals surface area (Å²) in [6, 6.07) is 7.29. The van der Waals surface area contributed by atoms with E-state index in [9.17, 15) is 0 Å². The number of fused-ring (bicyclic) bond motifs is 1. The Labute approximate surface area is 112 Å². The highest BCUT2D eigenvalue weighted by Crippen LogP contribution is 2.31. The van der Waals surface area contributed by atoms with Crippen molar-refractivity contribution in [2.24, 2.45) is 11.7 Å². The third kappa shape index (κ3) is 2.39. The van der Waals surface area contributed by atoms with Crippen LogP contribution in [0.4, 0.5) is 0 Å². The van der Waals surface area contributed by atoms with Crippen LogP contribution in [0.2, 0.25) is 5.02 Å². The van der Waals surface area contributed by atoms with Crippen molar-refractivity contribution in [1.82, 2.24) is 0 Å². The van der Waals surface area contributed by atoms with E-state index in [0.717, 1.165) is 5.39 Å². The lowest BCUT2D eigenvalue weighted by Crippen LogP contribution is -2.32. The fourth-order valence-electron chi connectivity index (χ4n) is 2.21. The third-order valence-electron chi connectivity index (χ3n) is 3.13. The summed E-state index contributed by atoms with van der Waals surface area (Å²) >= 11 is 6.09. The lowest BCUT2D eigenvalue weighted by atomic mass is 9.98. The maximum Gasteiger partial charge on any atom is 0.152 e. The summed E-state index contributed by atoms with van der Waals surface area (Å²) in [7, 11) is 1.67. The number of furan rings is 1. The molecule has 0 fully saturated rings. The number of ether oxygens (including phenoxy) is 1. The van der Waals surface area contributed by atoms with Crippen molar-refractivity contribution in [3.8, 4) is 0 Å². The summed E-state index contributed by atoms with van der Waals surface area (Å²) in [6.07, 6.45) is -0.0793. The van der Waals surface area contributed by atoms with Crippen molar-refractivity contribution in [2.75, 3.05) is 7.11 Å². The van der Waals surface area contributed by atoms with Gasteiger partial charge in [-0.3, -0.25) is 0 Å². The second kappa shape index (κ2) is 5.31. The molecule has 98 valence electrons. The van der Waals surface area contributed by atoms with E-state index in [0.29, 0.717) is 22.3 Å². The van der Waals surface area contributed by atoms with E-state index in [4.69, 9.17) is 26.5 Å². The molecule has 0 aliphatic heterocycles. The third-order valence-corrected chi connectivity index (χ3v) is 3.42. The van der Waals surface area contributed by atoms with Gasteiger partial charge in [0.2, 0.25) is 0 Å². The molecule has 2 atom stereocenters. The zero-order valence-corrected chi connectivity index (χ0v) is 11.6. The first-order valence-electron chi connectivity index (χ1n) is 6.01. The van der Waals surface area contributed by atoms with Crippen LogP contribution in [0.3, 0.4) is 0 Å². The maximum atomic E-state index is 6.20. The van der Waals surface area contributed by atoms with Crippen LogP contribution < -0.4 is 5.73 Å². The Balaban J connectivity index is 2.39. The zero-order chi connectivity index (χ0) is 13.3. The lowest BCUT2D eigenvalue weighted by molar-refractivity contribution is 0.0385. The first-order chi connectivity index (χ1) is 8.54. The first-order valence-corrected chi connectivity index (χ1v) is 6.38. The molecule has 0 saturated heterocycles. The number of nitrogens with two attached hydrogens (primary N) is 1. The topological polar surface area (TPSA) is 48.4 Å². The average molecular weight is 268 g/mol. The van der Waals surface area contributed by atoms with E-state index in [1.54, 1.807) is 13.2 Å². The summed E-state index contributed by atoms with van der Waals surface area (Å²) in [5, 5.41) is 1.57. The monoisotopic (exact) mass is 267 g/mol. The van der Waals surface area contributed by atoms with Gasteiger partial charge in [0.15, 0.2) is 5.58 Å². The quantitative estimate of drug-likeness (QED) is 0.918. The molecule has 0 aliphatic rings. The summed E-state index contributed by atoms with van der Waals surface area (Å²) < 4.78 is 11.2. The predicted octanol–water partition coefficient (Wildman–Crippen LogP) is 3.76. The van der Waals surface area contributed by atoms with Gasteiger partial charge in [-0.2, -0.15) is 0 Å². The Bertz CT molecular complexity index is 536. The van der Waals surface area contributed by atoms with Crippen LogP contribution in [0.1, 0.15) is 25.6 Å². The molecule has 2 unspecified atom stereocenters. The van der Waals surface area contributed by atoms with Gasteiger partial charge in [-0.05, 0) is 18.1 Å². The van der Waals surface area contributed by atoms with Crippen molar-refractivity contribution in [2.45, 2.75) is 26.0 Å². The van der Waals surface area contributed by atoms with Crippen LogP contribution in [-0.2, 0) is 4.74 Å². The van der Waals surface area contributed by atoms with Crippen molar-refractivity contribution >= 4 is 22.6 Å². The van der Waals surface area contributed by atoms with E-state index in [1.807, 2.05) is 18.2 Å². The molecule has 0 saturated carbocycles. The summed E-state index contributed by atoms with van der Waals surface area (Å²) in [5.41, 5.74) is 6.89. The number of para-hydroxylation sites is 1. The van der Waals surface area contributed by atoms with Gasteiger partial charge < -0.3 is 14.9 Å². The number of hydrogen-bond acceptors (Lipinski definition) is 3. The van der Waals surface area contributed by atoms with Gasteiger partial charge in [-0.1, -0.05) is 37.6 Å². The van der Waals surface area contributed by atoms with Gasteiger partial charge in [0.05, 0.1) is 17.2 Å². The smallest absolute Gasteiger partial charge is 0.152 e. The summed E-state index contributed by atoms with van der Waals surface area (Å²) in [5.74, 6) is 1.02. The molecule has 1 heterocycles. The largest absolute Gasteiger partial charge is 0.458 e. The van der Waals surface area contributed by atoms with E-state index in [2.05, 4.69) is 13.8 Å². The molecular formula is C14H18ClNO2. The van der Waals surface area contributed by atoms with Crippen molar-refractivity contribution in [3.05, 3.63) is 35.0 Å². The molecule has 2 aromatic rings. The molecule has 0 spiro atoms. The zero-order valence-electron chi connectivity index (χ0n) is 10.8. The van der Waals surface area contributed by atoms with Gasteiger partial charge in [-0.25, -0.2) is 0 Å². The molecular weight excluding hydrogens is 250 g/mol. The van der Waals surface area contributed by atoms with Gasteiger partial charge in [-0.15, -0.1) is 0 Å². The first kappa shape index (κ1) is 13.4. The fraction of sp³-hybridized carbons (Fsp3) is 0.429. The van der Waals surface area contributed by atoms with E-state index in [1.165, 1.54) is 0 Å². The minimum atomic E-state index is -0.293. The molecule has 0 amide bonds. The van der Waals surface area contributed by atoms with Crippen LogP contribution in [0, 0.1) is 5.92 Å². The van der Waals surface area contributed by atoms with Gasteiger partial charge in [0, 0.05) is 12.5 Å². The molecule has 18 heavy (non-hydrogen) atoms. The highest BCUT2D eigenvalue weighted by atomic mass is 35.5. The Morgan fingerprint density at radius 1 is 1.33 bits per heavy atom. The molecule has 0 aliphatic carbocycles. The molecule has 1 aromatic heterocycles. The van der Waals surface area contributed by atoms with Crippen LogP contribution in [0.25, 0.3) is 11.0 Å². The van der Waals surface area contributed by atoms with Crippen molar-refractivity contribution < 1.29 is 9.15 Å². The molecule has 3 nitrogen and oxygen atoms in total. The molecule has 2 N–H and O–H groups in total. The second-order valence-corrected chi connectivity index (χ2v) is 5.18. The predicted molar refractivity (Wildman–Crippen MR) is 73.8 cm³/mol. The minimum absolute atomic E-state index is 0.0793. The second-order valence-electron chi connectivity index (χ2n) is 4.78. The minimum Gasteiger partial charge on any atom is -0.458 e. The van der Waals surface area contributed by atoms with Crippen LogP contribution >= 0.6 is 11.6 Å². The number of methoxy groups -OCH3 is 1. The van der Waals surface area contributed by atoms with Crippen LogP contribution in [0.5, 0.6) is 0 Å². The number of rotatable bonds is 4. The Kier molecular flexibility index (Phi) is 3.95. The SMILES string of the molecule is COC(C(C)C)C(N)c1cc2cccc(Cl)c2o1. The number of halogens is 1. The lowest BCUT2D eigenvalue weighted by Gasteiger charge is -2.24. The standard InChI is InChI=1S/C14H18ClNO2/c1-8(2)13(17-3)12(16)11-7-9-5-4-6-10(15)14(9)18-11/h4-8,12-13H,16H2,1-3H3. The van der Waals surface area contributed by atoms with E-state index in [-0.39, 0.29) is 12.1 Å². The highest BCUT2D eigenvalue weighted by Gasteiger charge is 2.25. The van der Waals surface area contributed by atoms with E-state index < -0.39 is 0 Å². The maximum absolute atomic E-state index is 6.20. The molecule has 2 rings (SSSR count). The summed E-state index contributed by atoms with van der Waals surface area (Å²) in [4.78, 5) is 0. The van der Waals surface area contributed by atoms with Gasteiger partial charge in [0.25, 0.3) is 0 Å². The van der Waals surface area contributed by atoms with Crippen molar-refractivity contribution in [3.63, 3.8) is 0 Å². The van der Waals surface area contributed by atoms with E-state index >= 15 is 0 Å². The Hall–Kier alpha value is -1.03. The molecule has 0 bridgehead atoms. The average Bonchev–Trinajstić information content (AvgIpc) is 2.74. The Morgan fingerprint density at radius 3 is 2.61 bits per heavy atom. The van der Waals surface area contributed by atoms with Crippen LogP contribution in [0.15, 0.2) is 28.7 Å². The molecule has 1 aromatic carbocycles. The Morgan fingerprint density at radius 2 is 2.06 bits per heavy atom. The van der Waals surface area contributed by atoms with Gasteiger partial charge >= 0.3 is 0 Å². The van der Waals surface area contributed by atoms with Crippen molar-refractivity contribution in [1.29, 1.82) is 0 Å².